The van der Waals surface area contributed by atoms with Crippen LogP contribution in [0.5, 0.6) is 0 Å². The maximum Gasteiger partial charge on any atom is 0.329 e. The van der Waals surface area contributed by atoms with Crippen LogP contribution < -0.4 is 11.0 Å². The third-order valence-electron chi connectivity index (χ3n) is 4.78. The van der Waals surface area contributed by atoms with Crippen LogP contribution in [-0.4, -0.2) is 29.8 Å². The molecule has 0 saturated heterocycles. The van der Waals surface area contributed by atoms with Gasteiger partial charge in [-0.1, -0.05) is 31.2 Å². The number of aromatic nitrogens is 5. The quantitative estimate of drug-likeness (QED) is 0.526. The van der Waals surface area contributed by atoms with Crippen LogP contribution in [0.1, 0.15) is 19.8 Å². The number of imidazole rings is 1. The molecule has 1 N–H and O–H groups in total. The number of hydrogen-bond acceptors (Lipinski definition) is 4. The Morgan fingerprint density at radius 1 is 1.00 bits per heavy atom. The van der Waals surface area contributed by atoms with Gasteiger partial charge >= 0.3 is 5.69 Å². The van der Waals surface area contributed by atoms with Crippen LogP contribution in [0.25, 0.3) is 16.7 Å². The molecule has 1 amide bonds. The van der Waals surface area contributed by atoms with Crippen molar-refractivity contribution >= 4 is 22.6 Å². The lowest BCUT2D eigenvalue weighted by Crippen LogP contribution is -2.26. The van der Waals surface area contributed by atoms with E-state index in [9.17, 15) is 9.59 Å². The van der Waals surface area contributed by atoms with Crippen molar-refractivity contribution in [2.45, 2.75) is 32.9 Å². The highest BCUT2D eigenvalue weighted by Crippen LogP contribution is 2.19. The lowest BCUT2D eigenvalue weighted by atomic mass is 10.2. The summed E-state index contributed by atoms with van der Waals surface area (Å²) in [6, 6.07) is 15.1. The minimum Gasteiger partial charge on any atom is -0.324 e. The Kier molecular flexibility index (Phi) is 5.24. The number of benzene rings is 2. The molecule has 148 valence electrons. The number of fused-ring (bicyclic) bond motifs is 1. The minimum absolute atomic E-state index is 0.0798. The zero-order valence-electron chi connectivity index (χ0n) is 16.2. The van der Waals surface area contributed by atoms with Crippen LogP contribution in [0.15, 0.2) is 66.0 Å². The monoisotopic (exact) mass is 390 g/mol. The fourth-order valence-electron chi connectivity index (χ4n) is 3.47. The molecule has 0 fully saturated rings. The summed E-state index contributed by atoms with van der Waals surface area (Å²) in [5, 5.41) is 7.04. The fraction of sp³-hybridized carbons (Fsp3) is 0.238. The molecule has 2 heterocycles. The molecule has 4 rings (SSSR count). The fourth-order valence-corrected chi connectivity index (χ4v) is 3.47. The smallest absolute Gasteiger partial charge is 0.324 e. The number of hydrogen-bond donors (Lipinski definition) is 1. The van der Waals surface area contributed by atoms with E-state index < -0.39 is 0 Å². The Bertz CT molecular complexity index is 1190. The van der Waals surface area contributed by atoms with Gasteiger partial charge in [0.15, 0.2) is 0 Å². The van der Waals surface area contributed by atoms with Gasteiger partial charge in [0.2, 0.25) is 5.91 Å². The maximum absolute atomic E-state index is 12.8. The highest BCUT2D eigenvalue weighted by molar-refractivity contribution is 5.92. The molecule has 2 aromatic heterocycles. The van der Waals surface area contributed by atoms with Gasteiger partial charge in [-0.2, -0.15) is 5.10 Å². The van der Waals surface area contributed by atoms with E-state index in [1.807, 2.05) is 55.5 Å². The van der Waals surface area contributed by atoms with Crippen LogP contribution in [0.3, 0.4) is 0 Å². The van der Waals surface area contributed by atoms with E-state index in [-0.39, 0.29) is 18.0 Å². The van der Waals surface area contributed by atoms with Crippen molar-refractivity contribution in [3.8, 4) is 5.69 Å². The van der Waals surface area contributed by atoms with Crippen LogP contribution in [0.2, 0.25) is 0 Å². The van der Waals surface area contributed by atoms with Crippen LogP contribution in [-0.2, 0) is 17.9 Å². The number of anilines is 1. The Hall–Kier alpha value is -3.68. The molecule has 8 nitrogen and oxygen atoms in total. The van der Waals surface area contributed by atoms with E-state index in [1.165, 1.54) is 6.33 Å². The van der Waals surface area contributed by atoms with Crippen molar-refractivity contribution in [2.75, 3.05) is 5.32 Å². The number of nitrogens with one attached hydrogen (secondary N) is 1. The number of aryl methyl sites for hydroxylation is 2. The lowest BCUT2D eigenvalue weighted by molar-refractivity contribution is -0.116. The Labute approximate surface area is 167 Å². The summed E-state index contributed by atoms with van der Waals surface area (Å²) in [6.07, 6.45) is 4.07. The third kappa shape index (κ3) is 3.69. The second-order valence-corrected chi connectivity index (χ2v) is 6.73. The molecule has 0 bridgehead atoms. The second kappa shape index (κ2) is 8.14. The first-order valence-electron chi connectivity index (χ1n) is 9.61. The highest BCUT2D eigenvalue weighted by Gasteiger charge is 2.14. The number of carbonyl (C=O) groups is 1. The van der Waals surface area contributed by atoms with Crippen LogP contribution in [0.4, 0.5) is 5.69 Å². The van der Waals surface area contributed by atoms with Gasteiger partial charge in [0.1, 0.15) is 12.7 Å². The van der Waals surface area contributed by atoms with E-state index >= 15 is 0 Å². The summed E-state index contributed by atoms with van der Waals surface area (Å²) in [5.41, 5.74) is 3.04. The molecule has 4 aromatic rings. The van der Waals surface area contributed by atoms with Gasteiger partial charge in [0.25, 0.3) is 0 Å². The molecule has 0 unspecified atom stereocenters. The highest BCUT2D eigenvalue weighted by atomic mass is 16.2. The van der Waals surface area contributed by atoms with Gasteiger partial charge in [-0.15, -0.1) is 0 Å². The van der Waals surface area contributed by atoms with E-state index in [0.29, 0.717) is 18.8 Å². The maximum atomic E-state index is 12.8. The molecule has 0 atom stereocenters. The molecule has 8 heteroatoms. The summed E-state index contributed by atoms with van der Waals surface area (Å²) >= 11 is 0. The number of amides is 1. The third-order valence-corrected chi connectivity index (χ3v) is 4.78. The SMILES string of the molecule is CCCn1c(=O)n(CCC(=O)Nc2ccccc2-n2cncn2)c2ccccc21. The largest absolute Gasteiger partial charge is 0.329 e. The van der Waals surface area contributed by atoms with Gasteiger partial charge in [0, 0.05) is 19.5 Å². The average molecular weight is 390 g/mol. The van der Waals surface area contributed by atoms with Crippen molar-refractivity contribution in [3.63, 3.8) is 0 Å². The van der Waals surface area contributed by atoms with Crippen molar-refractivity contribution in [1.82, 2.24) is 23.9 Å². The molecule has 0 aliphatic carbocycles. The van der Waals surface area contributed by atoms with Crippen molar-refractivity contribution in [3.05, 3.63) is 71.7 Å². The first-order chi connectivity index (χ1) is 14.2. The molecule has 2 aromatic carbocycles. The van der Waals surface area contributed by atoms with E-state index in [0.717, 1.165) is 23.1 Å². The Morgan fingerprint density at radius 3 is 2.38 bits per heavy atom. The van der Waals surface area contributed by atoms with Crippen LogP contribution >= 0.6 is 0 Å². The summed E-state index contributed by atoms with van der Waals surface area (Å²) in [4.78, 5) is 29.4. The summed E-state index contributed by atoms with van der Waals surface area (Å²) < 4.78 is 5.04. The van der Waals surface area contributed by atoms with E-state index in [2.05, 4.69) is 15.4 Å². The van der Waals surface area contributed by atoms with Crippen molar-refractivity contribution < 1.29 is 4.79 Å². The predicted molar refractivity (Wildman–Crippen MR) is 111 cm³/mol. The first kappa shape index (κ1) is 18.7. The van der Waals surface area contributed by atoms with Gasteiger partial charge in [-0.05, 0) is 30.7 Å². The molecular formula is C21H22N6O2. The Balaban J connectivity index is 1.53. The van der Waals surface area contributed by atoms with Crippen molar-refractivity contribution in [2.24, 2.45) is 0 Å². The Morgan fingerprint density at radius 2 is 1.69 bits per heavy atom. The van der Waals surface area contributed by atoms with Crippen LogP contribution in [0, 0.1) is 0 Å². The molecular weight excluding hydrogens is 368 g/mol. The standard InChI is InChI=1S/C21H22N6O2/c1-2-12-25-18-9-5-6-10-19(18)26(21(25)29)13-11-20(28)24-16-7-3-4-8-17(16)27-15-22-14-23-27/h3-10,14-15H,2,11-13H2,1H3,(H,24,28). The lowest BCUT2D eigenvalue weighted by Gasteiger charge is -2.11. The van der Waals surface area contributed by atoms with Gasteiger partial charge in [-0.3, -0.25) is 13.9 Å². The summed E-state index contributed by atoms with van der Waals surface area (Å²) in [5.74, 6) is -0.170. The van der Waals surface area contributed by atoms with E-state index in [4.69, 9.17) is 0 Å². The molecule has 0 radical (unpaired) electrons. The van der Waals surface area contributed by atoms with E-state index in [1.54, 1.807) is 20.1 Å². The number of carbonyl (C=O) groups excluding carboxylic acids is 1. The first-order valence-corrected chi connectivity index (χ1v) is 9.61. The average Bonchev–Trinajstić information content (AvgIpc) is 3.35. The normalized spacial score (nSPS) is 11.1. The molecule has 0 spiro atoms. The molecule has 29 heavy (non-hydrogen) atoms. The topological polar surface area (TPSA) is 86.7 Å². The number of para-hydroxylation sites is 4. The summed E-state index contributed by atoms with van der Waals surface area (Å²) in [6.45, 7) is 3.01. The number of nitrogens with zero attached hydrogens (tertiary/aromatic N) is 5. The molecule has 0 aliphatic heterocycles. The molecule has 0 aliphatic rings. The van der Waals surface area contributed by atoms with Gasteiger partial charge in [0.05, 0.1) is 22.4 Å². The van der Waals surface area contributed by atoms with Gasteiger partial charge < -0.3 is 5.32 Å². The predicted octanol–water partition coefficient (Wildman–Crippen LogP) is 2.82. The zero-order chi connectivity index (χ0) is 20.2. The number of rotatable bonds is 7. The summed E-state index contributed by atoms with van der Waals surface area (Å²) in [7, 11) is 0. The second-order valence-electron chi connectivity index (χ2n) is 6.73. The van der Waals surface area contributed by atoms with Gasteiger partial charge in [-0.25, -0.2) is 14.5 Å². The van der Waals surface area contributed by atoms with Crippen molar-refractivity contribution in [1.29, 1.82) is 0 Å². The molecule has 0 saturated carbocycles. The minimum atomic E-state index is -0.170. The zero-order valence-corrected chi connectivity index (χ0v) is 16.2.